The Morgan fingerprint density at radius 2 is 1.87 bits per heavy atom. The van der Waals surface area contributed by atoms with Crippen molar-refractivity contribution >= 4 is 5.69 Å². The molecule has 0 aliphatic carbocycles. The number of anilines is 1. The van der Waals surface area contributed by atoms with Gasteiger partial charge in [-0.05, 0) is 48.4 Å². The number of benzene rings is 2. The molecular weight excluding hydrogens is 286 g/mol. The molecule has 0 aliphatic heterocycles. The van der Waals surface area contributed by atoms with E-state index in [0.29, 0.717) is 0 Å². The van der Waals surface area contributed by atoms with E-state index in [-0.39, 0.29) is 0 Å². The van der Waals surface area contributed by atoms with Crippen LogP contribution in [0.25, 0.3) is 22.4 Å². The molecule has 4 heteroatoms. The lowest BCUT2D eigenvalue weighted by Crippen LogP contribution is -2.07. The van der Waals surface area contributed by atoms with E-state index in [1.807, 2.05) is 49.4 Å². The van der Waals surface area contributed by atoms with E-state index < -0.39 is 0 Å². The zero-order valence-corrected chi connectivity index (χ0v) is 13.2. The third-order valence-corrected chi connectivity index (χ3v) is 3.84. The lowest BCUT2D eigenvalue weighted by Gasteiger charge is -2.12. The molecule has 0 fully saturated rings. The van der Waals surface area contributed by atoms with E-state index in [1.54, 1.807) is 13.3 Å². The van der Waals surface area contributed by atoms with Gasteiger partial charge in [-0.1, -0.05) is 24.3 Å². The number of nitrogens with one attached hydrogen (secondary N) is 1. The molecule has 116 valence electrons. The summed E-state index contributed by atoms with van der Waals surface area (Å²) in [6.07, 6.45) is 1.81. The standard InChI is InChI=1S/C19H19N3O/c1-13-11-14(8-9-18(13)22-20)17-7-4-10-21-19(17)15-5-3-6-16(12-15)23-2/h3-12,22H,20H2,1-2H3. The molecule has 0 radical (unpaired) electrons. The zero-order chi connectivity index (χ0) is 16.2. The molecule has 1 aromatic heterocycles. The van der Waals surface area contributed by atoms with Crippen LogP contribution in [0.15, 0.2) is 60.8 Å². The molecule has 3 rings (SSSR count). The van der Waals surface area contributed by atoms with Crippen molar-refractivity contribution in [2.24, 2.45) is 5.84 Å². The van der Waals surface area contributed by atoms with Gasteiger partial charge in [-0.3, -0.25) is 10.8 Å². The SMILES string of the molecule is COc1cccc(-c2ncccc2-c2ccc(NN)c(C)c2)c1. The van der Waals surface area contributed by atoms with Crippen molar-refractivity contribution in [3.05, 3.63) is 66.4 Å². The molecule has 0 amide bonds. The first-order chi connectivity index (χ1) is 11.2. The first kappa shape index (κ1) is 15.1. The minimum Gasteiger partial charge on any atom is -0.497 e. The van der Waals surface area contributed by atoms with Crippen LogP contribution in [-0.2, 0) is 0 Å². The molecule has 0 bridgehead atoms. The quantitative estimate of drug-likeness (QED) is 0.564. The molecule has 3 aromatic rings. The van der Waals surface area contributed by atoms with Crippen LogP contribution >= 0.6 is 0 Å². The summed E-state index contributed by atoms with van der Waals surface area (Å²) in [5.41, 5.74) is 8.85. The molecule has 0 spiro atoms. The summed E-state index contributed by atoms with van der Waals surface area (Å²) < 4.78 is 5.32. The van der Waals surface area contributed by atoms with Crippen LogP contribution in [0.4, 0.5) is 5.69 Å². The number of hydrogen-bond donors (Lipinski definition) is 2. The topological polar surface area (TPSA) is 60.2 Å². The fraction of sp³-hybridized carbons (Fsp3) is 0.105. The van der Waals surface area contributed by atoms with Gasteiger partial charge in [0.15, 0.2) is 0 Å². The number of hydrogen-bond acceptors (Lipinski definition) is 4. The number of hydrazine groups is 1. The molecule has 0 saturated heterocycles. The van der Waals surface area contributed by atoms with Crippen LogP contribution in [0, 0.1) is 6.92 Å². The van der Waals surface area contributed by atoms with Gasteiger partial charge in [-0.2, -0.15) is 0 Å². The summed E-state index contributed by atoms with van der Waals surface area (Å²) in [6, 6.07) is 18.1. The van der Waals surface area contributed by atoms with Crippen LogP contribution in [0.3, 0.4) is 0 Å². The smallest absolute Gasteiger partial charge is 0.119 e. The third kappa shape index (κ3) is 3.03. The van der Waals surface area contributed by atoms with Crippen molar-refractivity contribution in [2.75, 3.05) is 12.5 Å². The predicted octanol–water partition coefficient (Wildman–Crippen LogP) is 4.02. The third-order valence-electron chi connectivity index (χ3n) is 3.84. The van der Waals surface area contributed by atoms with E-state index >= 15 is 0 Å². The lowest BCUT2D eigenvalue weighted by atomic mass is 9.97. The Balaban J connectivity index is 2.12. The molecule has 0 aliphatic rings. The zero-order valence-electron chi connectivity index (χ0n) is 13.2. The number of aryl methyl sites for hydroxylation is 1. The van der Waals surface area contributed by atoms with Crippen LogP contribution in [0.2, 0.25) is 0 Å². The molecule has 2 aromatic carbocycles. The highest BCUT2D eigenvalue weighted by atomic mass is 16.5. The second kappa shape index (κ2) is 6.50. The highest BCUT2D eigenvalue weighted by Crippen LogP contribution is 2.33. The number of aromatic nitrogens is 1. The van der Waals surface area contributed by atoms with Gasteiger partial charge >= 0.3 is 0 Å². The largest absolute Gasteiger partial charge is 0.497 e. The summed E-state index contributed by atoms with van der Waals surface area (Å²) in [7, 11) is 1.67. The van der Waals surface area contributed by atoms with E-state index in [9.17, 15) is 0 Å². The van der Waals surface area contributed by atoms with Gasteiger partial charge in [0.05, 0.1) is 18.5 Å². The average Bonchev–Trinajstić information content (AvgIpc) is 2.61. The van der Waals surface area contributed by atoms with E-state index in [2.05, 4.69) is 22.5 Å². The van der Waals surface area contributed by atoms with Crippen LogP contribution < -0.4 is 16.0 Å². The van der Waals surface area contributed by atoms with Gasteiger partial charge < -0.3 is 10.2 Å². The van der Waals surface area contributed by atoms with Crippen LogP contribution in [0.5, 0.6) is 5.75 Å². The Kier molecular flexibility index (Phi) is 4.26. The molecule has 0 saturated carbocycles. The fourth-order valence-electron chi connectivity index (χ4n) is 2.63. The number of nitrogens with zero attached hydrogens (tertiary/aromatic N) is 1. The van der Waals surface area contributed by atoms with Crippen molar-refractivity contribution in [2.45, 2.75) is 6.92 Å². The number of nitrogen functional groups attached to an aromatic ring is 1. The number of methoxy groups -OCH3 is 1. The van der Waals surface area contributed by atoms with Crippen molar-refractivity contribution in [3.8, 4) is 28.1 Å². The molecule has 3 N–H and O–H groups in total. The normalized spacial score (nSPS) is 10.4. The van der Waals surface area contributed by atoms with Crippen molar-refractivity contribution < 1.29 is 4.74 Å². The number of pyridine rings is 1. The minimum atomic E-state index is 0.818. The van der Waals surface area contributed by atoms with Gasteiger partial charge in [0.1, 0.15) is 5.75 Å². The van der Waals surface area contributed by atoms with E-state index in [1.165, 1.54) is 0 Å². The Morgan fingerprint density at radius 3 is 2.61 bits per heavy atom. The van der Waals surface area contributed by atoms with Gasteiger partial charge in [0, 0.05) is 17.3 Å². The summed E-state index contributed by atoms with van der Waals surface area (Å²) >= 11 is 0. The van der Waals surface area contributed by atoms with Gasteiger partial charge in [-0.15, -0.1) is 0 Å². The Morgan fingerprint density at radius 1 is 1.00 bits per heavy atom. The number of nitrogens with two attached hydrogens (primary N) is 1. The molecule has 1 heterocycles. The fourth-order valence-corrected chi connectivity index (χ4v) is 2.63. The van der Waals surface area contributed by atoms with Crippen LogP contribution in [-0.4, -0.2) is 12.1 Å². The van der Waals surface area contributed by atoms with E-state index in [4.69, 9.17) is 10.6 Å². The highest BCUT2D eigenvalue weighted by Gasteiger charge is 2.10. The average molecular weight is 305 g/mol. The molecule has 23 heavy (non-hydrogen) atoms. The van der Waals surface area contributed by atoms with Gasteiger partial charge in [0.2, 0.25) is 0 Å². The second-order valence-corrected chi connectivity index (χ2v) is 5.31. The predicted molar refractivity (Wildman–Crippen MR) is 94.2 cm³/mol. The summed E-state index contributed by atoms with van der Waals surface area (Å²) in [4.78, 5) is 4.58. The summed E-state index contributed by atoms with van der Waals surface area (Å²) in [5.74, 6) is 6.33. The molecular formula is C19H19N3O. The molecule has 0 unspecified atom stereocenters. The van der Waals surface area contributed by atoms with E-state index in [0.717, 1.165) is 39.4 Å². The number of ether oxygens (including phenoxy) is 1. The Bertz CT molecular complexity index is 830. The number of rotatable bonds is 4. The highest BCUT2D eigenvalue weighted by molar-refractivity contribution is 5.82. The Labute approximate surface area is 135 Å². The van der Waals surface area contributed by atoms with Gasteiger partial charge in [-0.25, -0.2) is 0 Å². The van der Waals surface area contributed by atoms with Crippen molar-refractivity contribution in [1.82, 2.24) is 4.98 Å². The summed E-state index contributed by atoms with van der Waals surface area (Å²) in [5, 5.41) is 0. The maximum atomic E-state index is 5.52. The van der Waals surface area contributed by atoms with Crippen molar-refractivity contribution in [3.63, 3.8) is 0 Å². The maximum absolute atomic E-state index is 5.52. The first-order valence-corrected chi connectivity index (χ1v) is 7.40. The van der Waals surface area contributed by atoms with Crippen molar-refractivity contribution in [1.29, 1.82) is 0 Å². The molecule has 4 nitrogen and oxygen atoms in total. The first-order valence-electron chi connectivity index (χ1n) is 7.40. The summed E-state index contributed by atoms with van der Waals surface area (Å²) in [6.45, 7) is 2.03. The Hall–Kier alpha value is -2.85. The van der Waals surface area contributed by atoms with Crippen LogP contribution in [0.1, 0.15) is 5.56 Å². The monoisotopic (exact) mass is 305 g/mol. The molecule has 0 atom stereocenters. The minimum absolute atomic E-state index is 0.818. The second-order valence-electron chi connectivity index (χ2n) is 5.31. The van der Waals surface area contributed by atoms with Gasteiger partial charge in [0.25, 0.3) is 0 Å². The maximum Gasteiger partial charge on any atom is 0.119 e. The lowest BCUT2D eigenvalue weighted by molar-refractivity contribution is 0.415.